The summed E-state index contributed by atoms with van der Waals surface area (Å²) in [5.41, 5.74) is 3.08. The van der Waals surface area contributed by atoms with Gasteiger partial charge in [-0.15, -0.1) is 0 Å². The van der Waals surface area contributed by atoms with E-state index in [4.69, 9.17) is 0 Å². The third-order valence-corrected chi connectivity index (χ3v) is 3.98. The Morgan fingerprint density at radius 1 is 1.39 bits per heavy atom. The molecule has 1 aliphatic rings. The lowest BCUT2D eigenvalue weighted by Gasteiger charge is -2.24. The Morgan fingerprint density at radius 3 is 2.78 bits per heavy atom. The number of allylic oxidation sites excluding steroid dienone is 5. The molecule has 0 aliphatic heterocycles. The first-order valence-corrected chi connectivity index (χ1v) is 7.84. The van der Waals surface area contributed by atoms with E-state index in [0.717, 1.165) is 36.1 Å². The van der Waals surface area contributed by atoms with Crippen LogP contribution in [0.4, 0.5) is 0 Å². The summed E-state index contributed by atoms with van der Waals surface area (Å²) in [4.78, 5) is 21.0. The van der Waals surface area contributed by atoms with Gasteiger partial charge in [0, 0.05) is 17.3 Å². The quantitative estimate of drug-likeness (QED) is 0.455. The zero-order valence-electron chi connectivity index (χ0n) is 13.5. The summed E-state index contributed by atoms with van der Waals surface area (Å²) in [6.07, 6.45) is 11.5. The van der Waals surface area contributed by atoms with E-state index in [0.29, 0.717) is 11.6 Å². The Bertz CT molecular complexity index is 681. The molecular weight excluding hydrogens is 284 g/mol. The molecule has 0 spiro atoms. The minimum atomic E-state index is 0.0824. The fourth-order valence-electron chi connectivity index (χ4n) is 2.71. The van der Waals surface area contributed by atoms with Gasteiger partial charge in [0.25, 0.3) is 0 Å². The van der Waals surface area contributed by atoms with E-state index in [1.807, 2.05) is 30.4 Å². The Morgan fingerprint density at radius 2 is 2.17 bits per heavy atom. The Labute approximate surface area is 137 Å². The van der Waals surface area contributed by atoms with E-state index >= 15 is 0 Å². The van der Waals surface area contributed by atoms with Gasteiger partial charge in [-0.25, -0.2) is 0 Å². The smallest absolute Gasteiger partial charge is 0.185 e. The third kappa shape index (κ3) is 4.46. The standard InChI is InChI=1S/C20H22N2O/c1-4-8-18(21-3)13-16-11-15(5-2)12-17(20(16)23)14-19-9-6-7-10-22-19/h4,6-10,13-15H,1,3,5,11-12H2,2H3/b16-13+,17-14+,18-8-. The van der Waals surface area contributed by atoms with Gasteiger partial charge in [-0.1, -0.05) is 32.1 Å². The lowest BCUT2D eigenvalue weighted by molar-refractivity contribution is -0.113. The number of nitrogens with zero attached hydrogens (tertiary/aromatic N) is 2. The molecule has 0 aromatic carbocycles. The monoisotopic (exact) mass is 306 g/mol. The first-order chi connectivity index (χ1) is 11.2. The summed E-state index contributed by atoms with van der Waals surface area (Å²) in [6, 6.07) is 5.70. The molecule has 23 heavy (non-hydrogen) atoms. The SMILES string of the molecule is C=C/C=C(/C=C1\CC(CC)C/C(=C\c2ccccn2)C1=O)N=C. The van der Waals surface area contributed by atoms with Crippen LogP contribution in [-0.4, -0.2) is 17.5 Å². The van der Waals surface area contributed by atoms with Crippen LogP contribution in [0.3, 0.4) is 0 Å². The number of Topliss-reactive ketones (excluding diaryl/α,β-unsaturated/α-hetero) is 1. The number of rotatable bonds is 5. The zero-order chi connectivity index (χ0) is 16.7. The first-order valence-electron chi connectivity index (χ1n) is 7.84. The number of pyridine rings is 1. The molecule has 1 aromatic rings. The number of carbonyl (C=O) groups excluding carboxylic acids is 1. The molecule has 0 saturated heterocycles. The van der Waals surface area contributed by atoms with Crippen molar-refractivity contribution in [1.29, 1.82) is 0 Å². The average molecular weight is 306 g/mol. The summed E-state index contributed by atoms with van der Waals surface area (Å²) in [5.74, 6) is 0.544. The van der Waals surface area contributed by atoms with Gasteiger partial charge in [-0.3, -0.25) is 14.8 Å². The van der Waals surface area contributed by atoms with Gasteiger partial charge in [0.2, 0.25) is 0 Å². The molecule has 0 radical (unpaired) electrons. The Hall–Kier alpha value is -2.55. The van der Waals surface area contributed by atoms with Crippen LogP contribution in [0.25, 0.3) is 6.08 Å². The van der Waals surface area contributed by atoms with Crippen LogP contribution >= 0.6 is 0 Å². The van der Waals surface area contributed by atoms with Crippen molar-refractivity contribution in [2.24, 2.45) is 10.9 Å². The minimum Gasteiger partial charge on any atom is -0.289 e. The van der Waals surface area contributed by atoms with E-state index in [1.165, 1.54) is 0 Å². The summed E-state index contributed by atoms with van der Waals surface area (Å²) in [6.45, 7) is 9.37. The second-order valence-electron chi connectivity index (χ2n) is 5.59. The molecule has 118 valence electrons. The summed E-state index contributed by atoms with van der Waals surface area (Å²) in [7, 11) is 0. The molecule has 3 heteroatoms. The molecule has 1 fully saturated rings. The molecule has 0 amide bonds. The van der Waals surface area contributed by atoms with E-state index in [2.05, 4.69) is 30.2 Å². The Kier molecular flexibility index (Phi) is 5.98. The van der Waals surface area contributed by atoms with Gasteiger partial charge in [0.15, 0.2) is 5.78 Å². The zero-order valence-corrected chi connectivity index (χ0v) is 13.5. The number of carbonyl (C=O) groups is 1. The van der Waals surface area contributed by atoms with Crippen LogP contribution in [0.5, 0.6) is 0 Å². The fraction of sp³-hybridized carbons (Fsp3) is 0.250. The predicted octanol–water partition coefficient (Wildman–Crippen LogP) is 4.55. The van der Waals surface area contributed by atoms with Crippen LogP contribution in [0.1, 0.15) is 31.9 Å². The van der Waals surface area contributed by atoms with Crippen LogP contribution in [0, 0.1) is 5.92 Å². The minimum absolute atomic E-state index is 0.0824. The van der Waals surface area contributed by atoms with E-state index in [-0.39, 0.29) is 5.78 Å². The molecule has 1 atom stereocenters. The lowest BCUT2D eigenvalue weighted by Crippen LogP contribution is -2.19. The number of hydrogen-bond acceptors (Lipinski definition) is 3. The molecule has 1 unspecified atom stereocenters. The molecular formula is C20H22N2O. The maximum Gasteiger partial charge on any atom is 0.185 e. The van der Waals surface area contributed by atoms with Gasteiger partial charge < -0.3 is 0 Å². The van der Waals surface area contributed by atoms with E-state index in [9.17, 15) is 4.79 Å². The highest BCUT2D eigenvalue weighted by molar-refractivity contribution is 6.11. The normalized spacial score (nSPS) is 22.4. The van der Waals surface area contributed by atoms with Crippen LogP contribution in [0.2, 0.25) is 0 Å². The van der Waals surface area contributed by atoms with Gasteiger partial charge in [0.05, 0.1) is 11.4 Å². The fourth-order valence-corrected chi connectivity index (χ4v) is 2.71. The average Bonchev–Trinajstić information content (AvgIpc) is 2.58. The van der Waals surface area contributed by atoms with Crippen molar-refractivity contribution in [2.45, 2.75) is 26.2 Å². The molecule has 2 rings (SSSR count). The van der Waals surface area contributed by atoms with Crippen molar-refractivity contribution >= 4 is 18.6 Å². The van der Waals surface area contributed by atoms with Crippen molar-refractivity contribution in [3.8, 4) is 0 Å². The number of aromatic nitrogens is 1. The van der Waals surface area contributed by atoms with Crippen LogP contribution in [-0.2, 0) is 4.79 Å². The van der Waals surface area contributed by atoms with Crippen molar-refractivity contribution in [2.75, 3.05) is 0 Å². The highest BCUT2D eigenvalue weighted by atomic mass is 16.1. The lowest BCUT2D eigenvalue weighted by atomic mass is 9.79. The van der Waals surface area contributed by atoms with Crippen molar-refractivity contribution in [1.82, 2.24) is 4.98 Å². The van der Waals surface area contributed by atoms with Crippen LogP contribution in [0.15, 0.2) is 71.0 Å². The van der Waals surface area contributed by atoms with Gasteiger partial charge in [0.1, 0.15) is 0 Å². The largest absolute Gasteiger partial charge is 0.289 e. The van der Waals surface area contributed by atoms with E-state index < -0.39 is 0 Å². The molecule has 0 bridgehead atoms. The summed E-state index contributed by atoms with van der Waals surface area (Å²) >= 11 is 0. The van der Waals surface area contributed by atoms with Crippen molar-refractivity contribution < 1.29 is 4.79 Å². The molecule has 1 heterocycles. The van der Waals surface area contributed by atoms with Gasteiger partial charge >= 0.3 is 0 Å². The molecule has 0 N–H and O–H groups in total. The molecule has 1 aliphatic carbocycles. The molecule has 1 saturated carbocycles. The molecule has 1 aromatic heterocycles. The van der Waals surface area contributed by atoms with Crippen LogP contribution < -0.4 is 0 Å². The summed E-state index contributed by atoms with van der Waals surface area (Å²) in [5, 5.41) is 0. The first kappa shape index (κ1) is 16.8. The van der Waals surface area contributed by atoms with Crippen molar-refractivity contribution in [3.05, 3.63) is 71.7 Å². The maximum absolute atomic E-state index is 12.8. The second kappa shape index (κ2) is 8.18. The van der Waals surface area contributed by atoms with Crippen molar-refractivity contribution in [3.63, 3.8) is 0 Å². The summed E-state index contributed by atoms with van der Waals surface area (Å²) < 4.78 is 0. The number of hydrogen-bond donors (Lipinski definition) is 0. The highest BCUT2D eigenvalue weighted by Gasteiger charge is 2.27. The van der Waals surface area contributed by atoms with E-state index in [1.54, 1.807) is 18.3 Å². The third-order valence-electron chi connectivity index (χ3n) is 3.98. The predicted molar refractivity (Wildman–Crippen MR) is 96.1 cm³/mol. The Balaban J connectivity index is 2.38. The maximum atomic E-state index is 12.8. The van der Waals surface area contributed by atoms with Gasteiger partial charge in [-0.2, -0.15) is 0 Å². The second-order valence-corrected chi connectivity index (χ2v) is 5.59. The topological polar surface area (TPSA) is 42.3 Å². The highest BCUT2D eigenvalue weighted by Crippen LogP contribution is 2.33. The number of aliphatic imine (C=N–C) groups is 1. The van der Waals surface area contributed by atoms with Gasteiger partial charge in [-0.05, 0) is 55.8 Å². The molecule has 3 nitrogen and oxygen atoms in total. The number of ketones is 1.